The molecule has 0 aliphatic heterocycles. The lowest BCUT2D eigenvalue weighted by Gasteiger charge is -2.35. The van der Waals surface area contributed by atoms with Crippen LogP contribution in [0, 0.1) is 13.8 Å². The third-order valence-electron chi connectivity index (χ3n) is 7.46. The van der Waals surface area contributed by atoms with Crippen molar-refractivity contribution in [3.05, 3.63) is 106 Å². The van der Waals surface area contributed by atoms with Crippen molar-refractivity contribution in [3.8, 4) is 0 Å². The fourth-order valence-corrected chi connectivity index (χ4v) is 5.43. The smallest absolute Gasteiger partial charge is 0.255 e. The lowest BCUT2D eigenvalue weighted by molar-refractivity contribution is 0.0948. The Balaban J connectivity index is 1.33. The molecule has 1 unspecified atom stereocenters. The third-order valence-corrected chi connectivity index (χ3v) is 7.46. The second-order valence-corrected chi connectivity index (χ2v) is 10.1. The molecule has 0 radical (unpaired) electrons. The van der Waals surface area contributed by atoms with Crippen LogP contribution < -0.4 is 5.32 Å². The van der Waals surface area contributed by atoms with Gasteiger partial charge in [-0.2, -0.15) is 0 Å². The maximum Gasteiger partial charge on any atom is 0.255 e. The van der Waals surface area contributed by atoms with Crippen LogP contribution >= 0.6 is 0 Å². The normalized spacial score (nSPS) is 14.9. The zero-order valence-corrected chi connectivity index (χ0v) is 22.4. The zero-order valence-electron chi connectivity index (χ0n) is 22.4. The summed E-state index contributed by atoms with van der Waals surface area (Å²) in [4.78, 5) is 32.9. The van der Waals surface area contributed by atoms with Crippen molar-refractivity contribution in [2.24, 2.45) is 7.05 Å². The predicted octanol–water partition coefficient (Wildman–Crippen LogP) is 4.27. The van der Waals surface area contributed by atoms with Gasteiger partial charge in [0, 0.05) is 51.2 Å². The Morgan fingerprint density at radius 2 is 1.92 bits per heavy atom. The van der Waals surface area contributed by atoms with Gasteiger partial charge in [-0.05, 0) is 55.9 Å². The number of aryl methyl sites for hydroxylation is 4. The van der Waals surface area contributed by atoms with Gasteiger partial charge in [0.2, 0.25) is 0 Å². The number of hydrogen-bond acceptors (Lipinski definition) is 6. The van der Waals surface area contributed by atoms with Gasteiger partial charge >= 0.3 is 0 Å². The number of benzene rings is 1. The van der Waals surface area contributed by atoms with Crippen molar-refractivity contribution in [2.75, 3.05) is 6.54 Å². The lowest BCUT2D eigenvalue weighted by Crippen LogP contribution is -2.33. The Morgan fingerprint density at radius 1 is 1.11 bits per heavy atom. The van der Waals surface area contributed by atoms with Gasteiger partial charge in [-0.15, -0.1) is 0 Å². The van der Waals surface area contributed by atoms with Crippen LogP contribution in [0.5, 0.6) is 0 Å². The molecule has 0 spiro atoms. The van der Waals surface area contributed by atoms with E-state index in [1.165, 1.54) is 35.3 Å². The fraction of sp³-hybridized carbons (Fsp3) is 0.367. The van der Waals surface area contributed by atoms with Gasteiger partial charge in [0.15, 0.2) is 0 Å². The Hall–Kier alpha value is -3.91. The molecule has 196 valence electrons. The second kappa shape index (κ2) is 11.6. The van der Waals surface area contributed by atoms with E-state index in [9.17, 15) is 4.79 Å². The summed E-state index contributed by atoms with van der Waals surface area (Å²) in [6.07, 6.45) is 11.5. The van der Waals surface area contributed by atoms with E-state index < -0.39 is 0 Å². The number of carbonyl (C=O) groups excluding carboxylic acids is 1. The predicted molar refractivity (Wildman–Crippen MR) is 146 cm³/mol. The van der Waals surface area contributed by atoms with Crippen LogP contribution in [-0.2, 0) is 33.0 Å². The monoisotopic (exact) mass is 509 g/mol. The molecule has 1 aliphatic rings. The number of imidazole rings is 1. The molecule has 1 amide bonds. The van der Waals surface area contributed by atoms with Crippen molar-refractivity contribution in [2.45, 2.75) is 58.7 Å². The Bertz CT molecular complexity index is 1390. The van der Waals surface area contributed by atoms with E-state index in [2.05, 4.69) is 60.1 Å². The van der Waals surface area contributed by atoms with Gasteiger partial charge in [-0.1, -0.05) is 30.3 Å². The molecular weight excluding hydrogens is 474 g/mol. The summed E-state index contributed by atoms with van der Waals surface area (Å²) >= 11 is 0. The Labute approximate surface area is 224 Å². The minimum atomic E-state index is -0.145. The summed E-state index contributed by atoms with van der Waals surface area (Å²) in [5.74, 6) is -0.145. The van der Waals surface area contributed by atoms with E-state index in [1.807, 2.05) is 45.7 Å². The first-order valence-electron chi connectivity index (χ1n) is 13.3. The van der Waals surface area contributed by atoms with Crippen LogP contribution in [0.2, 0.25) is 0 Å². The topological polar surface area (TPSA) is 88.8 Å². The standard InChI is InChI=1S/C30H35N7O/c1-21-28(22(2)35-19-34-21)30(38)33-16-23-7-4-8-24(15-23)18-37(14-12-26-17-31-20-36(26)3)27-11-5-9-25-10-6-13-32-29(25)27/h4,6-8,10,13,15,17,19-20,27H,5,9,11-12,14,16,18H2,1-3H3,(H,33,38). The summed E-state index contributed by atoms with van der Waals surface area (Å²) < 4.78 is 2.09. The van der Waals surface area contributed by atoms with E-state index in [0.29, 0.717) is 23.5 Å². The van der Waals surface area contributed by atoms with Gasteiger partial charge in [-0.25, -0.2) is 15.0 Å². The lowest BCUT2D eigenvalue weighted by atomic mass is 9.90. The number of carbonyl (C=O) groups is 1. The van der Waals surface area contributed by atoms with Gasteiger partial charge in [0.1, 0.15) is 6.33 Å². The molecule has 4 aromatic rings. The molecule has 3 heterocycles. The molecule has 8 heteroatoms. The first-order chi connectivity index (χ1) is 18.5. The summed E-state index contributed by atoms with van der Waals surface area (Å²) in [6.45, 7) is 5.84. The Kier molecular flexibility index (Phi) is 7.89. The third kappa shape index (κ3) is 5.81. The van der Waals surface area contributed by atoms with E-state index >= 15 is 0 Å². The fourth-order valence-electron chi connectivity index (χ4n) is 5.43. The minimum Gasteiger partial charge on any atom is -0.348 e. The number of fused-ring (bicyclic) bond motifs is 1. The molecule has 0 saturated heterocycles. The van der Waals surface area contributed by atoms with Crippen LogP contribution in [0.4, 0.5) is 0 Å². The SMILES string of the molecule is Cc1ncnc(C)c1C(=O)NCc1cccc(CN(CCc2cncn2C)C2CCCc3cccnc32)c1. The quantitative estimate of drug-likeness (QED) is 0.362. The van der Waals surface area contributed by atoms with Crippen LogP contribution in [0.1, 0.15) is 68.7 Å². The van der Waals surface area contributed by atoms with Crippen LogP contribution in [0.15, 0.2) is 61.4 Å². The van der Waals surface area contributed by atoms with Gasteiger partial charge in [0.05, 0.1) is 35.0 Å². The van der Waals surface area contributed by atoms with E-state index in [0.717, 1.165) is 37.9 Å². The van der Waals surface area contributed by atoms with Gasteiger partial charge < -0.3 is 9.88 Å². The van der Waals surface area contributed by atoms with Crippen LogP contribution in [0.25, 0.3) is 0 Å². The number of rotatable bonds is 9. The van der Waals surface area contributed by atoms with Crippen molar-refractivity contribution < 1.29 is 4.79 Å². The highest BCUT2D eigenvalue weighted by atomic mass is 16.1. The number of nitrogens with one attached hydrogen (secondary N) is 1. The maximum absolute atomic E-state index is 12.9. The van der Waals surface area contributed by atoms with E-state index in [-0.39, 0.29) is 11.9 Å². The molecule has 0 fully saturated rings. The highest BCUT2D eigenvalue weighted by molar-refractivity contribution is 5.96. The number of pyridine rings is 1. The maximum atomic E-state index is 12.9. The van der Waals surface area contributed by atoms with Crippen molar-refractivity contribution >= 4 is 5.91 Å². The zero-order chi connectivity index (χ0) is 26.5. The molecular formula is C30H35N7O. The van der Waals surface area contributed by atoms with Crippen molar-refractivity contribution in [1.29, 1.82) is 0 Å². The highest BCUT2D eigenvalue weighted by Gasteiger charge is 2.27. The molecule has 0 saturated carbocycles. The van der Waals surface area contributed by atoms with E-state index in [1.54, 1.807) is 0 Å². The number of aromatic nitrogens is 5. The Morgan fingerprint density at radius 3 is 2.71 bits per heavy atom. The molecule has 1 aliphatic carbocycles. The first-order valence-corrected chi connectivity index (χ1v) is 13.3. The summed E-state index contributed by atoms with van der Waals surface area (Å²) in [5.41, 5.74) is 8.01. The minimum absolute atomic E-state index is 0.145. The second-order valence-electron chi connectivity index (χ2n) is 10.1. The highest BCUT2D eigenvalue weighted by Crippen LogP contribution is 2.34. The molecule has 38 heavy (non-hydrogen) atoms. The van der Waals surface area contributed by atoms with E-state index in [4.69, 9.17) is 4.98 Å². The number of hydrogen-bond donors (Lipinski definition) is 1. The molecule has 5 rings (SSSR count). The number of amides is 1. The first kappa shape index (κ1) is 25.7. The van der Waals surface area contributed by atoms with Crippen LogP contribution in [-0.4, -0.2) is 41.9 Å². The molecule has 3 aromatic heterocycles. The van der Waals surface area contributed by atoms with Crippen molar-refractivity contribution in [1.82, 2.24) is 34.7 Å². The average Bonchev–Trinajstić information content (AvgIpc) is 3.34. The summed E-state index contributed by atoms with van der Waals surface area (Å²) in [5, 5.41) is 3.05. The molecule has 8 nitrogen and oxygen atoms in total. The van der Waals surface area contributed by atoms with Crippen LogP contribution in [0.3, 0.4) is 0 Å². The number of nitrogens with zero attached hydrogens (tertiary/aromatic N) is 6. The average molecular weight is 510 g/mol. The molecule has 1 N–H and O–H groups in total. The molecule has 1 atom stereocenters. The molecule has 0 bridgehead atoms. The van der Waals surface area contributed by atoms with Gasteiger partial charge in [0.25, 0.3) is 5.91 Å². The van der Waals surface area contributed by atoms with Crippen molar-refractivity contribution in [3.63, 3.8) is 0 Å². The summed E-state index contributed by atoms with van der Waals surface area (Å²) in [6, 6.07) is 13.0. The van der Waals surface area contributed by atoms with Gasteiger partial charge in [-0.3, -0.25) is 14.7 Å². The molecule has 1 aromatic carbocycles. The largest absolute Gasteiger partial charge is 0.348 e. The summed E-state index contributed by atoms with van der Waals surface area (Å²) in [7, 11) is 2.05.